The van der Waals surface area contributed by atoms with Crippen LogP contribution in [0.5, 0.6) is 5.75 Å². The molecule has 0 saturated carbocycles. The SMILES string of the molecule is CCCC[C@]12CCN(C)[C@H](Cc3ccc(OC(=O)OCOC(=O)CCC)cc31)C2. The van der Waals surface area contributed by atoms with E-state index in [0.717, 1.165) is 25.8 Å². The molecular weight excluding hydrogens is 370 g/mol. The summed E-state index contributed by atoms with van der Waals surface area (Å²) in [6.45, 7) is 4.79. The molecule has 6 nitrogen and oxygen atoms in total. The van der Waals surface area contributed by atoms with Crippen molar-refractivity contribution in [2.75, 3.05) is 20.4 Å². The molecule has 1 fully saturated rings. The lowest BCUT2D eigenvalue weighted by Gasteiger charge is -2.50. The summed E-state index contributed by atoms with van der Waals surface area (Å²) in [5, 5.41) is 0. The van der Waals surface area contributed by atoms with Gasteiger partial charge in [-0.2, -0.15) is 0 Å². The van der Waals surface area contributed by atoms with Gasteiger partial charge in [0, 0.05) is 12.5 Å². The Morgan fingerprint density at radius 2 is 2.03 bits per heavy atom. The van der Waals surface area contributed by atoms with Crippen LogP contribution in [-0.2, 0) is 26.1 Å². The zero-order valence-electron chi connectivity index (χ0n) is 17.9. The minimum atomic E-state index is -0.853. The molecule has 0 N–H and O–H groups in total. The number of benzene rings is 1. The van der Waals surface area contributed by atoms with Crippen LogP contribution < -0.4 is 4.74 Å². The van der Waals surface area contributed by atoms with Gasteiger partial charge < -0.3 is 19.1 Å². The molecule has 0 aromatic heterocycles. The molecule has 1 aromatic rings. The molecule has 1 heterocycles. The fourth-order valence-corrected chi connectivity index (χ4v) is 4.72. The van der Waals surface area contributed by atoms with Crippen LogP contribution in [0.15, 0.2) is 18.2 Å². The number of unbranched alkanes of at least 4 members (excludes halogenated alkanes) is 1. The van der Waals surface area contributed by atoms with E-state index in [0.29, 0.717) is 24.6 Å². The predicted molar refractivity (Wildman–Crippen MR) is 110 cm³/mol. The van der Waals surface area contributed by atoms with Crippen molar-refractivity contribution in [3.05, 3.63) is 29.3 Å². The summed E-state index contributed by atoms with van der Waals surface area (Å²) in [6, 6.07) is 6.53. The number of likely N-dealkylation sites (N-methyl/N-ethyl adjacent to an activating group) is 1. The van der Waals surface area contributed by atoms with Gasteiger partial charge in [0.05, 0.1) is 0 Å². The molecule has 0 unspecified atom stereocenters. The normalized spacial score (nSPS) is 23.2. The molecule has 160 valence electrons. The first-order valence-corrected chi connectivity index (χ1v) is 10.8. The second kappa shape index (κ2) is 9.61. The Balaban J connectivity index is 1.69. The number of hydrogen-bond acceptors (Lipinski definition) is 6. The Morgan fingerprint density at radius 1 is 1.21 bits per heavy atom. The van der Waals surface area contributed by atoms with Crippen molar-refractivity contribution >= 4 is 12.1 Å². The topological polar surface area (TPSA) is 65.1 Å². The Bertz CT molecular complexity index is 730. The fraction of sp³-hybridized carbons (Fsp3) is 0.652. The van der Waals surface area contributed by atoms with Gasteiger partial charge in [-0.15, -0.1) is 0 Å². The summed E-state index contributed by atoms with van der Waals surface area (Å²) in [7, 11) is 2.22. The van der Waals surface area contributed by atoms with Crippen LogP contribution in [0.2, 0.25) is 0 Å². The van der Waals surface area contributed by atoms with Crippen molar-refractivity contribution in [2.45, 2.75) is 76.7 Å². The van der Waals surface area contributed by atoms with Gasteiger partial charge in [0.2, 0.25) is 6.79 Å². The minimum absolute atomic E-state index is 0.166. The highest BCUT2D eigenvalue weighted by Crippen LogP contribution is 2.48. The summed E-state index contributed by atoms with van der Waals surface area (Å²) in [5.41, 5.74) is 2.85. The largest absolute Gasteiger partial charge is 0.516 e. The standard InChI is InChI=1S/C23H33NO5/c1-4-6-10-23-11-12-24(3)18(15-23)13-17-8-9-19(14-20(17)23)29-22(26)28-16-27-21(25)7-5-2/h8-9,14,18H,4-7,10-13,15-16H2,1-3H3/t18-,23-/m1/s1. The van der Waals surface area contributed by atoms with Crippen LogP contribution >= 0.6 is 0 Å². The molecule has 6 heteroatoms. The fourth-order valence-electron chi connectivity index (χ4n) is 4.72. The lowest BCUT2D eigenvalue weighted by atomic mass is 9.62. The second-order valence-electron chi connectivity index (χ2n) is 8.38. The number of ether oxygens (including phenoxy) is 3. The molecule has 0 radical (unpaired) electrons. The van der Waals surface area contributed by atoms with E-state index in [4.69, 9.17) is 14.2 Å². The number of rotatable bonds is 8. The maximum atomic E-state index is 12.0. The molecule has 3 rings (SSSR count). The molecule has 2 atom stereocenters. The Morgan fingerprint density at radius 3 is 2.79 bits per heavy atom. The average Bonchev–Trinajstić information content (AvgIpc) is 2.70. The van der Waals surface area contributed by atoms with Gasteiger partial charge in [-0.3, -0.25) is 4.79 Å². The van der Waals surface area contributed by atoms with E-state index in [1.54, 1.807) is 0 Å². The number of likely N-dealkylation sites (tertiary alicyclic amines) is 1. The molecule has 2 aliphatic rings. The third-order valence-corrected chi connectivity index (χ3v) is 6.36. The first-order valence-electron chi connectivity index (χ1n) is 10.8. The van der Waals surface area contributed by atoms with Crippen LogP contribution in [-0.4, -0.2) is 43.5 Å². The lowest BCUT2D eigenvalue weighted by Crippen LogP contribution is -2.51. The molecule has 2 bridgehead atoms. The van der Waals surface area contributed by atoms with Crippen LogP contribution in [0.1, 0.15) is 69.9 Å². The monoisotopic (exact) mass is 403 g/mol. The number of piperidine rings is 1. The lowest BCUT2D eigenvalue weighted by molar-refractivity contribution is -0.152. The Hall–Kier alpha value is -2.08. The summed E-state index contributed by atoms with van der Waals surface area (Å²) < 4.78 is 15.1. The minimum Gasteiger partial charge on any atom is -0.428 e. The summed E-state index contributed by atoms with van der Waals surface area (Å²) in [5.74, 6) is 0.102. The summed E-state index contributed by atoms with van der Waals surface area (Å²) >= 11 is 0. The van der Waals surface area contributed by atoms with Crippen LogP contribution in [0.3, 0.4) is 0 Å². The van der Waals surface area contributed by atoms with Crippen molar-refractivity contribution in [1.29, 1.82) is 0 Å². The van der Waals surface area contributed by atoms with E-state index in [-0.39, 0.29) is 11.4 Å². The quantitative estimate of drug-likeness (QED) is 0.360. The third-order valence-electron chi connectivity index (χ3n) is 6.36. The maximum absolute atomic E-state index is 12.0. The van der Waals surface area contributed by atoms with Gasteiger partial charge in [0.25, 0.3) is 0 Å². The van der Waals surface area contributed by atoms with E-state index in [2.05, 4.69) is 24.9 Å². The molecular formula is C23H33NO5. The van der Waals surface area contributed by atoms with Crippen molar-refractivity contribution in [3.63, 3.8) is 0 Å². The molecule has 0 spiro atoms. The smallest absolute Gasteiger partial charge is 0.428 e. The van der Waals surface area contributed by atoms with E-state index in [9.17, 15) is 9.59 Å². The van der Waals surface area contributed by atoms with Crippen molar-refractivity contribution in [3.8, 4) is 5.75 Å². The van der Waals surface area contributed by atoms with E-state index in [1.165, 1.54) is 30.4 Å². The molecule has 1 aliphatic heterocycles. The molecule has 1 aromatic carbocycles. The van der Waals surface area contributed by atoms with Gasteiger partial charge in [-0.05, 0) is 74.4 Å². The first-order chi connectivity index (χ1) is 14.0. The van der Waals surface area contributed by atoms with Crippen molar-refractivity contribution in [1.82, 2.24) is 4.90 Å². The van der Waals surface area contributed by atoms with Gasteiger partial charge >= 0.3 is 12.1 Å². The molecule has 1 aliphatic carbocycles. The summed E-state index contributed by atoms with van der Waals surface area (Å²) in [6.07, 6.45) is 7.03. The highest BCUT2D eigenvalue weighted by molar-refractivity contribution is 5.69. The van der Waals surface area contributed by atoms with E-state index >= 15 is 0 Å². The summed E-state index contributed by atoms with van der Waals surface area (Å²) in [4.78, 5) is 25.8. The number of fused-ring (bicyclic) bond motifs is 4. The van der Waals surface area contributed by atoms with E-state index < -0.39 is 12.9 Å². The second-order valence-corrected chi connectivity index (χ2v) is 8.38. The van der Waals surface area contributed by atoms with E-state index in [1.807, 2.05) is 19.1 Å². The number of hydrogen-bond donors (Lipinski definition) is 0. The zero-order chi connectivity index (χ0) is 20.9. The van der Waals surface area contributed by atoms with Crippen molar-refractivity contribution < 1.29 is 23.8 Å². The molecule has 0 amide bonds. The molecule has 29 heavy (non-hydrogen) atoms. The van der Waals surface area contributed by atoms with Crippen LogP contribution in [0, 0.1) is 0 Å². The number of carbonyl (C=O) groups is 2. The van der Waals surface area contributed by atoms with Gasteiger partial charge in [0.15, 0.2) is 0 Å². The van der Waals surface area contributed by atoms with Gasteiger partial charge in [-0.1, -0.05) is 32.8 Å². The number of nitrogens with zero attached hydrogens (tertiary/aromatic N) is 1. The highest BCUT2D eigenvalue weighted by atomic mass is 16.8. The van der Waals surface area contributed by atoms with Crippen LogP contribution in [0.25, 0.3) is 0 Å². The predicted octanol–water partition coefficient (Wildman–Crippen LogP) is 4.58. The first kappa shape index (κ1) is 21.6. The average molecular weight is 404 g/mol. The Kier molecular flexibility index (Phi) is 7.17. The van der Waals surface area contributed by atoms with Gasteiger partial charge in [-0.25, -0.2) is 4.79 Å². The third kappa shape index (κ3) is 5.10. The van der Waals surface area contributed by atoms with Gasteiger partial charge in [0.1, 0.15) is 5.75 Å². The highest BCUT2D eigenvalue weighted by Gasteiger charge is 2.44. The number of carbonyl (C=O) groups excluding carboxylic acids is 2. The van der Waals surface area contributed by atoms with Crippen molar-refractivity contribution in [2.24, 2.45) is 0 Å². The number of esters is 1. The maximum Gasteiger partial charge on any atom is 0.516 e. The molecule has 1 saturated heterocycles. The Labute approximate surface area is 173 Å². The zero-order valence-corrected chi connectivity index (χ0v) is 17.9. The van der Waals surface area contributed by atoms with Crippen LogP contribution in [0.4, 0.5) is 4.79 Å².